The summed E-state index contributed by atoms with van der Waals surface area (Å²) in [6, 6.07) is 18.8. The number of hydrogen-bond acceptors (Lipinski definition) is 7. The predicted molar refractivity (Wildman–Crippen MR) is 119 cm³/mol. The molecule has 1 fully saturated rings. The number of pyridine rings is 1. The number of aromatic nitrogens is 3. The smallest absolute Gasteiger partial charge is 0.406 e. The summed E-state index contributed by atoms with van der Waals surface area (Å²) >= 11 is 0. The zero-order chi connectivity index (χ0) is 23.5. The second-order valence-corrected chi connectivity index (χ2v) is 7.45. The topological polar surface area (TPSA) is 84.5 Å². The van der Waals surface area contributed by atoms with Gasteiger partial charge in [-0.05, 0) is 54.1 Å². The van der Waals surface area contributed by atoms with Crippen LogP contribution in [0, 0.1) is 0 Å². The molecule has 1 saturated heterocycles. The highest BCUT2D eigenvalue weighted by Crippen LogP contribution is 2.40. The van der Waals surface area contributed by atoms with Crippen LogP contribution in [0.1, 0.15) is 11.7 Å². The van der Waals surface area contributed by atoms with E-state index >= 15 is 0 Å². The zero-order valence-corrected chi connectivity index (χ0v) is 17.5. The number of anilines is 3. The molecule has 2 aromatic heterocycles. The first-order chi connectivity index (χ1) is 16.4. The molecule has 5 rings (SSSR count). The van der Waals surface area contributed by atoms with Gasteiger partial charge in [0.05, 0.1) is 5.69 Å². The average Bonchev–Trinajstić information content (AvgIpc) is 3.58. The van der Waals surface area contributed by atoms with Crippen LogP contribution in [0.2, 0.25) is 0 Å². The highest BCUT2D eigenvalue weighted by molar-refractivity contribution is 5.64. The number of epoxide rings is 1. The highest BCUT2D eigenvalue weighted by Gasteiger charge is 2.40. The van der Waals surface area contributed by atoms with Gasteiger partial charge in [-0.3, -0.25) is 4.98 Å². The van der Waals surface area contributed by atoms with Gasteiger partial charge in [-0.25, -0.2) is 9.97 Å². The van der Waals surface area contributed by atoms with Crippen LogP contribution >= 0.6 is 0 Å². The molecular formula is C24H18F3N5O2. The predicted octanol–water partition coefficient (Wildman–Crippen LogP) is 5.69. The lowest BCUT2D eigenvalue weighted by Crippen LogP contribution is -2.17. The van der Waals surface area contributed by atoms with Crippen LogP contribution in [-0.2, 0) is 4.74 Å². The maximum absolute atomic E-state index is 12.3. The fourth-order valence-electron chi connectivity index (χ4n) is 3.41. The molecule has 172 valence electrons. The molecule has 1 aliphatic heterocycles. The first kappa shape index (κ1) is 21.7. The van der Waals surface area contributed by atoms with E-state index in [1.165, 1.54) is 12.1 Å². The maximum atomic E-state index is 12.3. The minimum absolute atomic E-state index is 0.268. The third-order valence-electron chi connectivity index (χ3n) is 4.97. The van der Waals surface area contributed by atoms with Crippen molar-refractivity contribution in [3.05, 3.63) is 90.9 Å². The van der Waals surface area contributed by atoms with Gasteiger partial charge in [-0.1, -0.05) is 18.2 Å². The third kappa shape index (κ3) is 5.41. The van der Waals surface area contributed by atoms with Crippen molar-refractivity contribution >= 4 is 17.3 Å². The van der Waals surface area contributed by atoms with Crippen molar-refractivity contribution in [3.63, 3.8) is 0 Å². The summed E-state index contributed by atoms with van der Waals surface area (Å²) in [5.74, 6) is 0.176. The second kappa shape index (κ2) is 8.99. The Hall–Kier alpha value is -4.18. The lowest BCUT2D eigenvalue weighted by atomic mass is 10.1. The summed E-state index contributed by atoms with van der Waals surface area (Å²) in [5.41, 5.74) is 3.97. The number of rotatable bonds is 7. The van der Waals surface area contributed by atoms with Crippen molar-refractivity contribution in [2.75, 3.05) is 10.6 Å². The third-order valence-corrected chi connectivity index (χ3v) is 4.97. The largest absolute Gasteiger partial charge is 0.573 e. The molecular weight excluding hydrogens is 447 g/mol. The van der Waals surface area contributed by atoms with Gasteiger partial charge in [0.25, 0.3) is 0 Å². The molecule has 1 aliphatic rings. The molecule has 34 heavy (non-hydrogen) atoms. The van der Waals surface area contributed by atoms with Crippen molar-refractivity contribution in [1.29, 1.82) is 0 Å². The van der Waals surface area contributed by atoms with E-state index in [9.17, 15) is 13.2 Å². The van der Waals surface area contributed by atoms with Crippen LogP contribution in [-0.4, -0.2) is 27.5 Å². The molecule has 4 aromatic rings. The molecule has 2 atom stereocenters. The number of halogens is 3. The number of nitrogens with one attached hydrogen (secondary N) is 2. The van der Waals surface area contributed by atoms with Gasteiger partial charge in [0.2, 0.25) is 5.95 Å². The van der Waals surface area contributed by atoms with Gasteiger partial charge in [0.15, 0.2) is 6.23 Å². The monoisotopic (exact) mass is 465 g/mol. The SMILES string of the molecule is FC(F)(F)Oc1ccc(C2OC2Nc2cccc(Nc3nccc(-c4cccnc4)n3)c2)cc1. The molecule has 7 nitrogen and oxygen atoms in total. The van der Waals surface area contributed by atoms with Gasteiger partial charge in [-0.2, -0.15) is 0 Å². The molecule has 0 aliphatic carbocycles. The number of ether oxygens (including phenoxy) is 2. The molecule has 0 saturated carbocycles. The van der Waals surface area contributed by atoms with Crippen LogP contribution in [0.4, 0.5) is 30.5 Å². The molecule has 0 spiro atoms. The molecule has 0 amide bonds. The second-order valence-electron chi connectivity index (χ2n) is 7.45. The Morgan fingerprint density at radius 2 is 1.74 bits per heavy atom. The maximum Gasteiger partial charge on any atom is 0.573 e. The summed E-state index contributed by atoms with van der Waals surface area (Å²) < 4.78 is 46.5. The molecule has 3 heterocycles. The van der Waals surface area contributed by atoms with Crippen LogP contribution in [0.15, 0.2) is 85.3 Å². The minimum atomic E-state index is -4.72. The summed E-state index contributed by atoms with van der Waals surface area (Å²) in [7, 11) is 0. The fourth-order valence-corrected chi connectivity index (χ4v) is 3.41. The Morgan fingerprint density at radius 1 is 0.912 bits per heavy atom. The van der Waals surface area contributed by atoms with Gasteiger partial charge in [0, 0.05) is 35.5 Å². The van der Waals surface area contributed by atoms with E-state index in [1.807, 2.05) is 42.5 Å². The van der Waals surface area contributed by atoms with E-state index in [-0.39, 0.29) is 18.1 Å². The van der Waals surface area contributed by atoms with Crippen molar-refractivity contribution in [1.82, 2.24) is 15.0 Å². The van der Waals surface area contributed by atoms with Gasteiger partial charge < -0.3 is 20.1 Å². The van der Waals surface area contributed by atoms with E-state index in [0.717, 1.165) is 28.2 Å². The summed E-state index contributed by atoms with van der Waals surface area (Å²) in [6.45, 7) is 0. The molecule has 10 heteroatoms. The zero-order valence-electron chi connectivity index (χ0n) is 17.5. The standard InChI is InChI=1S/C24H18F3N5O2/c25-24(26,27)34-19-8-6-15(7-9-19)21-22(33-21)30-17-4-1-5-18(13-17)31-23-29-12-10-20(32-23)16-3-2-11-28-14-16/h1-14,21-22,30H,(H,29,31,32). The van der Waals surface area contributed by atoms with Crippen molar-refractivity contribution in [2.24, 2.45) is 0 Å². The fraction of sp³-hybridized carbons (Fsp3) is 0.125. The quantitative estimate of drug-likeness (QED) is 0.339. The lowest BCUT2D eigenvalue weighted by Gasteiger charge is -2.09. The highest BCUT2D eigenvalue weighted by atomic mass is 19.4. The van der Waals surface area contributed by atoms with E-state index in [2.05, 4.69) is 30.3 Å². The minimum Gasteiger partial charge on any atom is -0.406 e. The van der Waals surface area contributed by atoms with E-state index in [0.29, 0.717) is 5.95 Å². The average molecular weight is 465 g/mol. The Morgan fingerprint density at radius 3 is 2.50 bits per heavy atom. The van der Waals surface area contributed by atoms with Crippen molar-refractivity contribution < 1.29 is 22.6 Å². The van der Waals surface area contributed by atoms with E-state index in [1.54, 1.807) is 30.7 Å². The lowest BCUT2D eigenvalue weighted by molar-refractivity contribution is -0.274. The molecule has 2 unspecified atom stereocenters. The first-order valence-electron chi connectivity index (χ1n) is 10.3. The van der Waals surface area contributed by atoms with Gasteiger partial charge >= 0.3 is 6.36 Å². The Kier molecular flexibility index (Phi) is 5.72. The van der Waals surface area contributed by atoms with E-state index < -0.39 is 6.36 Å². The molecule has 2 aromatic carbocycles. The number of benzene rings is 2. The van der Waals surface area contributed by atoms with Gasteiger partial charge in [-0.15, -0.1) is 13.2 Å². The molecule has 0 bridgehead atoms. The summed E-state index contributed by atoms with van der Waals surface area (Å²) in [6.07, 6.45) is -0.168. The number of nitrogens with zero attached hydrogens (tertiary/aromatic N) is 3. The Bertz CT molecular complexity index is 1270. The van der Waals surface area contributed by atoms with Crippen molar-refractivity contribution in [3.8, 4) is 17.0 Å². The molecule has 0 radical (unpaired) electrons. The number of alkyl halides is 3. The van der Waals surface area contributed by atoms with Crippen LogP contribution in [0.3, 0.4) is 0 Å². The van der Waals surface area contributed by atoms with E-state index in [4.69, 9.17) is 4.74 Å². The normalized spacial score (nSPS) is 17.1. The van der Waals surface area contributed by atoms with Crippen LogP contribution in [0.5, 0.6) is 5.75 Å². The Labute approximate surface area is 192 Å². The van der Waals surface area contributed by atoms with Crippen molar-refractivity contribution in [2.45, 2.75) is 18.7 Å². The number of hydrogen-bond donors (Lipinski definition) is 2. The Balaban J connectivity index is 1.21. The molecule has 2 N–H and O–H groups in total. The van der Waals surface area contributed by atoms with Crippen LogP contribution in [0.25, 0.3) is 11.3 Å². The summed E-state index contributed by atoms with van der Waals surface area (Å²) in [5, 5.41) is 6.44. The first-order valence-corrected chi connectivity index (χ1v) is 10.3. The summed E-state index contributed by atoms with van der Waals surface area (Å²) in [4.78, 5) is 12.9. The van der Waals surface area contributed by atoms with Crippen LogP contribution < -0.4 is 15.4 Å². The van der Waals surface area contributed by atoms with Gasteiger partial charge in [0.1, 0.15) is 11.9 Å².